The fourth-order valence-corrected chi connectivity index (χ4v) is 2.94. The Morgan fingerprint density at radius 2 is 1.93 bits per heavy atom. The minimum absolute atomic E-state index is 0.300. The molecule has 1 saturated carbocycles. The number of hydrogen-bond donors (Lipinski definition) is 0. The van der Waals surface area contributed by atoms with Gasteiger partial charge in [0, 0.05) is 33.6 Å². The Morgan fingerprint density at radius 1 is 1.36 bits per heavy atom. The van der Waals surface area contributed by atoms with Crippen LogP contribution in [-0.4, -0.2) is 49.9 Å². The Hall–Kier alpha value is -0.570. The van der Waals surface area contributed by atoms with Gasteiger partial charge in [-0.15, -0.1) is 0 Å². The molecule has 2 bridgehead atoms. The summed E-state index contributed by atoms with van der Waals surface area (Å²) in [4.78, 5) is 15.7. The number of piperidine rings is 2. The van der Waals surface area contributed by atoms with Gasteiger partial charge >= 0.3 is 0 Å². The third-order valence-electron chi connectivity index (χ3n) is 3.82. The Balaban J connectivity index is 1.87. The molecule has 2 heterocycles. The lowest BCUT2D eigenvalue weighted by molar-refractivity contribution is -0.134. The Bertz CT molecular complexity index is 227. The van der Waals surface area contributed by atoms with E-state index in [0.717, 1.165) is 18.3 Å². The van der Waals surface area contributed by atoms with Gasteiger partial charge in [0.25, 0.3) is 0 Å². The van der Waals surface area contributed by atoms with Crippen LogP contribution in [-0.2, 0) is 4.79 Å². The van der Waals surface area contributed by atoms with E-state index in [0.29, 0.717) is 11.8 Å². The van der Waals surface area contributed by atoms with Gasteiger partial charge in [-0.25, -0.2) is 0 Å². The molecule has 0 radical (unpaired) electrons. The lowest BCUT2D eigenvalue weighted by Crippen LogP contribution is -2.54. The number of carbonyl (C=O) groups excluding carboxylic acids is 1. The van der Waals surface area contributed by atoms with Gasteiger partial charge in [-0.3, -0.25) is 4.79 Å². The van der Waals surface area contributed by atoms with Crippen molar-refractivity contribution in [2.45, 2.75) is 12.8 Å². The first-order valence-corrected chi connectivity index (χ1v) is 5.46. The predicted octanol–water partition coefficient (Wildman–Crippen LogP) is 0.662. The van der Waals surface area contributed by atoms with Gasteiger partial charge in [0.1, 0.15) is 0 Å². The molecule has 80 valence electrons. The van der Waals surface area contributed by atoms with E-state index in [1.165, 1.54) is 19.5 Å². The van der Waals surface area contributed by atoms with Gasteiger partial charge in [-0.2, -0.15) is 0 Å². The first-order chi connectivity index (χ1) is 6.58. The molecule has 3 rings (SSSR count). The quantitative estimate of drug-likeness (QED) is 0.648. The van der Waals surface area contributed by atoms with E-state index in [4.69, 9.17) is 0 Å². The zero-order valence-corrected chi connectivity index (χ0v) is 9.36. The molecule has 2 atom stereocenters. The number of fused-ring (bicyclic) bond motifs is 2. The van der Waals surface area contributed by atoms with Crippen LogP contribution in [0.2, 0.25) is 0 Å². The molecule has 3 aliphatic rings. The third-order valence-corrected chi connectivity index (χ3v) is 3.82. The van der Waals surface area contributed by atoms with Crippen LogP contribution >= 0.6 is 0 Å². The molecule has 2 aliphatic heterocycles. The Kier molecular flexibility index (Phi) is 2.52. The van der Waals surface area contributed by atoms with Crippen molar-refractivity contribution in [3.05, 3.63) is 0 Å². The second-order valence-electron chi connectivity index (χ2n) is 5.13. The van der Waals surface area contributed by atoms with Crippen LogP contribution in [0.1, 0.15) is 12.8 Å². The summed E-state index contributed by atoms with van der Waals surface area (Å²) in [5.41, 5.74) is 0. The minimum Gasteiger partial charge on any atom is -0.349 e. The summed E-state index contributed by atoms with van der Waals surface area (Å²) in [6.07, 6.45) is 2.13. The lowest BCUT2D eigenvalue weighted by atomic mass is 9.60. The molecule has 3 heteroatoms. The molecule has 0 aromatic carbocycles. The number of amides is 1. The third kappa shape index (κ3) is 1.65. The van der Waals surface area contributed by atoms with E-state index < -0.39 is 0 Å². The van der Waals surface area contributed by atoms with Gasteiger partial charge < -0.3 is 9.80 Å². The maximum absolute atomic E-state index is 11.6. The van der Waals surface area contributed by atoms with E-state index in [2.05, 4.69) is 11.9 Å². The van der Waals surface area contributed by atoms with Crippen LogP contribution in [0.4, 0.5) is 0 Å². The molecular weight excluding hydrogens is 176 g/mol. The number of nitrogens with zero attached hydrogens (tertiary/aromatic N) is 2. The summed E-state index contributed by atoms with van der Waals surface area (Å²) < 4.78 is 0. The zero-order chi connectivity index (χ0) is 10.3. The highest BCUT2D eigenvalue weighted by atomic mass is 16.2. The van der Waals surface area contributed by atoms with Crippen molar-refractivity contribution >= 4 is 5.91 Å². The summed E-state index contributed by atoms with van der Waals surface area (Å²) in [6.45, 7) is 2.39. The van der Waals surface area contributed by atoms with Crippen molar-refractivity contribution in [1.29, 1.82) is 0 Å². The second kappa shape index (κ2) is 3.54. The average molecular weight is 196 g/mol. The van der Waals surface area contributed by atoms with Crippen LogP contribution in [0.5, 0.6) is 0 Å². The molecule has 0 N–H and O–H groups in total. The van der Waals surface area contributed by atoms with Crippen molar-refractivity contribution in [2.75, 3.05) is 34.2 Å². The molecule has 1 aliphatic carbocycles. The molecule has 3 nitrogen and oxygen atoms in total. The molecule has 0 aromatic heterocycles. The number of carbonyl (C=O) groups is 1. The minimum atomic E-state index is 0.300. The largest absolute Gasteiger partial charge is 0.349 e. The van der Waals surface area contributed by atoms with Crippen LogP contribution in [0.3, 0.4) is 0 Å². The van der Waals surface area contributed by atoms with E-state index >= 15 is 0 Å². The van der Waals surface area contributed by atoms with Gasteiger partial charge in [0.05, 0.1) is 0 Å². The SMILES string of the molecule is CN1CC2CC(C1)C2CC(=O)N(C)C. The summed E-state index contributed by atoms with van der Waals surface area (Å²) >= 11 is 0. The highest BCUT2D eigenvalue weighted by molar-refractivity contribution is 5.76. The van der Waals surface area contributed by atoms with E-state index in [-0.39, 0.29) is 0 Å². The first kappa shape index (κ1) is 9.97. The molecule has 0 aromatic rings. The van der Waals surface area contributed by atoms with Gasteiger partial charge in [-0.05, 0) is 31.2 Å². The smallest absolute Gasteiger partial charge is 0.222 e. The summed E-state index contributed by atoms with van der Waals surface area (Å²) in [5, 5.41) is 0. The van der Waals surface area contributed by atoms with Crippen molar-refractivity contribution < 1.29 is 4.79 Å². The topological polar surface area (TPSA) is 23.6 Å². The maximum atomic E-state index is 11.6. The molecule has 3 fully saturated rings. The number of rotatable bonds is 2. The van der Waals surface area contributed by atoms with Gasteiger partial charge in [0.2, 0.25) is 5.91 Å². The predicted molar refractivity (Wildman–Crippen MR) is 55.9 cm³/mol. The Labute approximate surface area is 86.1 Å². The van der Waals surface area contributed by atoms with Crippen molar-refractivity contribution in [3.63, 3.8) is 0 Å². The van der Waals surface area contributed by atoms with Crippen LogP contribution < -0.4 is 0 Å². The highest BCUT2D eigenvalue weighted by Crippen LogP contribution is 2.46. The Morgan fingerprint density at radius 3 is 2.43 bits per heavy atom. The van der Waals surface area contributed by atoms with Crippen LogP contribution in [0, 0.1) is 17.8 Å². The van der Waals surface area contributed by atoms with Crippen molar-refractivity contribution in [1.82, 2.24) is 9.80 Å². The second-order valence-corrected chi connectivity index (χ2v) is 5.13. The molecule has 2 saturated heterocycles. The summed E-state index contributed by atoms with van der Waals surface area (Å²) in [7, 11) is 5.88. The number of hydrogen-bond acceptors (Lipinski definition) is 2. The maximum Gasteiger partial charge on any atom is 0.222 e. The van der Waals surface area contributed by atoms with Gasteiger partial charge in [0.15, 0.2) is 0 Å². The summed E-state index contributed by atoms with van der Waals surface area (Å²) in [5.74, 6) is 2.57. The van der Waals surface area contributed by atoms with Crippen LogP contribution in [0.15, 0.2) is 0 Å². The fourth-order valence-electron chi connectivity index (χ4n) is 2.94. The van der Waals surface area contributed by atoms with E-state index in [9.17, 15) is 4.79 Å². The molecule has 14 heavy (non-hydrogen) atoms. The molecule has 1 amide bonds. The summed E-state index contributed by atoms with van der Waals surface area (Å²) in [6, 6.07) is 0. The average Bonchev–Trinajstić information content (AvgIpc) is 2.13. The monoisotopic (exact) mass is 196 g/mol. The normalized spacial score (nSPS) is 36.4. The zero-order valence-electron chi connectivity index (χ0n) is 9.36. The highest BCUT2D eigenvalue weighted by Gasteiger charge is 2.46. The molecule has 0 spiro atoms. The van der Waals surface area contributed by atoms with Crippen LogP contribution in [0.25, 0.3) is 0 Å². The molecule has 2 unspecified atom stereocenters. The standard InChI is InChI=1S/C11H20N2O/c1-12(2)11(14)5-10-8-4-9(10)7-13(3)6-8/h8-10H,4-7H2,1-3H3. The fraction of sp³-hybridized carbons (Fsp3) is 0.909. The lowest BCUT2D eigenvalue weighted by Gasteiger charge is -2.53. The first-order valence-electron chi connectivity index (χ1n) is 5.46. The van der Waals surface area contributed by atoms with Crippen molar-refractivity contribution in [3.8, 4) is 0 Å². The van der Waals surface area contributed by atoms with E-state index in [1.807, 2.05) is 14.1 Å². The van der Waals surface area contributed by atoms with Gasteiger partial charge in [-0.1, -0.05) is 0 Å². The van der Waals surface area contributed by atoms with E-state index in [1.54, 1.807) is 4.90 Å². The molecular formula is C11H20N2O. The van der Waals surface area contributed by atoms with Crippen molar-refractivity contribution in [2.24, 2.45) is 17.8 Å².